The third kappa shape index (κ3) is 3.25. The molecule has 3 rings (SSSR count). The fraction of sp³-hybridized carbons (Fsp3) is 0.211. The fourth-order valence-electron chi connectivity index (χ4n) is 2.90. The summed E-state index contributed by atoms with van der Waals surface area (Å²) < 4.78 is 1.02. The Kier molecular flexibility index (Phi) is 4.81. The van der Waals surface area contributed by atoms with Crippen LogP contribution >= 0.6 is 11.3 Å². The Morgan fingerprint density at radius 2 is 1.92 bits per heavy atom. The van der Waals surface area contributed by atoms with E-state index in [-0.39, 0.29) is 11.6 Å². The molecule has 2 aromatic carbocycles. The molecule has 0 fully saturated rings. The van der Waals surface area contributed by atoms with Gasteiger partial charge in [-0.25, -0.2) is 0 Å². The molecule has 3 aromatic rings. The molecule has 0 aliphatic heterocycles. The largest absolute Gasteiger partial charge is 0.339 e. The maximum atomic E-state index is 12.8. The molecule has 0 atom stereocenters. The minimum atomic E-state index is -0.403. The van der Waals surface area contributed by atoms with Crippen LogP contribution in [0, 0.1) is 10.1 Å². The summed E-state index contributed by atoms with van der Waals surface area (Å²) in [6.07, 6.45) is 0. The van der Waals surface area contributed by atoms with E-state index in [1.807, 2.05) is 43.5 Å². The number of nitrogens with zero attached hydrogens (tertiary/aromatic N) is 2. The zero-order chi connectivity index (χ0) is 18.0. The van der Waals surface area contributed by atoms with Crippen molar-refractivity contribution in [2.24, 2.45) is 0 Å². The molecule has 0 N–H and O–H groups in total. The number of hydrogen-bond donors (Lipinski definition) is 0. The Labute approximate surface area is 149 Å². The van der Waals surface area contributed by atoms with Crippen LogP contribution in [0.4, 0.5) is 5.69 Å². The molecule has 1 aromatic heterocycles. The van der Waals surface area contributed by atoms with Gasteiger partial charge in [-0.15, -0.1) is 11.3 Å². The molecule has 128 valence electrons. The number of carbonyl (C=O) groups is 1. The van der Waals surface area contributed by atoms with E-state index in [4.69, 9.17) is 0 Å². The molecule has 0 saturated carbocycles. The van der Waals surface area contributed by atoms with E-state index in [0.717, 1.165) is 21.2 Å². The highest BCUT2D eigenvalue weighted by molar-refractivity contribution is 7.17. The summed E-state index contributed by atoms with van der Waals surface area (Å²) in [6, 6.07) is 12.3. The number of nitro groups is 1. The van der Waals surface area contributed by atoms with Gasteiger partial charge in [0.15, 0.2) is 0 Å². The Hall–Kier alpha value is -2.73. The lowest BCUT2D eigenvalue weighted by Gasteiger charge is -2.19. The summed E-state index contributed by atoms with van der Waals surface area (Å²) in [6.45, 7) is 5.18. The summed E-state index contributed by atoms with van der Waals surface area (Å²) in [4.78, 5) is 25.2. The van der Waals surface area contributed by atoms with Crippen molar-refractivity contribution in [2.75, 3.05) is 13.1 Å². The first kappa shape index (κ1) is 17.1. The summed E-state index contributed by atoms with van der Waals surface area (Å²) in [7, 11) is 0. The van der Waals surface area contributed by atoms with E-state index < -0.39 is 4.92 Å². The first-order chi connectivity index (χ1) is 12.0. The molecule has 6 heteroatoms. The van der Waals surface area contributed by atoms with Crippen molar-refractivity contribution in [2.45, 2.75) is 13.8 Å². The van der Waals surface area contributed by atoms with Crippen molar-refractivity contribution in [3.8, 4) is 11.1 Å². The normalized spacial score (nSPS) is 10.8. The van der Waals surface area contributed by atoms with E-state index in [9.17, 15) is 14.9 Å². The van der Waals surface area contributed by atoms with Gasteiger partial charge in [-0.2, -0.15) is 0 Å². The topological polar surface area (TPSA) is 63.5 Å². The van der Waals surface area contributed by atoms with Crippen LogP contribution in [0.5, 0.6) is 0 Å². The third-order valence-corrected chi connectivity index (χ3v) is 5.18. The second kappa shape index (κ2) is 7.03. The summed E-state index contributed by atoms with van der Waals surface area (Å²) in [5.74, 6) is -0.0234. The summed E-state index contributed by atoms with van der Waals surface area (Å²) in [5.41, 5.74) is 2.25. The molecule has 1 heterocycles. The first-order valence-corrected chi connectivity index (χ1v) is 8.98. The summed E-state index contributed by atoms with van der Waals surface area (Å²) >= 11 is 1.57. The SMILES string of the molecule is CCN(CC)C(=O)c1cc(-c2cccc([N+](=O)[O-])c2)c2sccc2c1. The smallest absolute Gasteiger partial charge is 0.270 e. The number of benzene rings is 2. The highest BCUT2D eigenvalue weighted by atomic mass is 32.1. The molecular formula is C19H18N2O3S. The fourth-order valence-corrected chi connectivity index (χ4v) is 3.82. The molecular weight excluding hydrogens is 336 g/mol. The second-order valence-electron chi connectivity index (χ2n) is 5.65. The molecule has 0 unspecified atom stereocenters. The van der Waals surface area contributed by atoms with Gasteiger partial charge in [0.2, 0.25) is 0 Å². The highest BCUT2D eigenvalue weighted by Crippen LogP contribution is 2.35. The minimum Gasteiger partial charge on any atom is -0.339 e. The number of nitro benzene ring substituents is 1. The molecule has 25 heavy (non-hydrogen) atoms. The van der Waals surface area contributed by atoms with Gasteiger partial charge in [-0.3, -0.25) is 14.9 Å². The van der Waals surface area contributed by atoms with Crippen molar-refractivity contribution in [3.63, 3.8) is 0 Å². The van der Waals surface area contributed by atoms with Crippen LogP contribution in [0.25, 0.3) is 21.2 Å². The maximum absolute atomic E-state index is 12.8. The predicted molar refractivity (Wildman–Crippen MR) is 101 cm³/mol. The van der Waals surface area contributed by atoms with Crippen LogP contribution in [0.2, 0.25) is 0 Å². The van der Waals surface area contributed by atoms with Gasteiger partial charge in [0, 0.05) is 41.0 Å². The maximum Gasteiger partial charge on any atom is 0.270 e. The zero-order valence-electron chi connectivity index (χ0n) is 14.1. The van der Waals surface area contributed by atoms with Crippen LogP contribution < -0.4 is 0 Å². The molecule has 0 saturated heterocycles. The summed E-state index contributed by atoms with van der Waals surface area (Å²) in [5, 5.41) is 14.0. The van der Waals surface area contributed by atoms with Crippen molar-refractivity contribution in [1.82, 2.24) is 4.90 Å². The average Bonchev–Trinajstić information content (AvgIpc) is 3.10. The lowest BCUT2D eigenvalue weighted by Crippen LogP contribution is -2.30. The van der Waals surface area contributed by atoms with Crippen LogP contribution in [-0.4, -0.2) is 28.8 Å². The van der Waals surface area contributed by atoms with E-state index >= 15 is 0 Å². The van der Waals surface area contributed by atoms with Gasteiger partial charge in [0.25, 0.3) is 11.6 Å². The predicted octanol–water partition coefficient (Wildman–Crippen LogP) is 4.96. The Balaban J connectivity index is 2.18. The number of amides is 1. The molecule has 0 aliphatic rings. The lowest BCUT2D eigenvalue weighted by molar-refractivity contribution is -0.384. The Morgan fingerprint density at radius 3 is 2.60 bits per heavy atom. The van der Waals surface area contributed by atoms with Gasteiger partial charge < -0.3 is 4.90 Å². The number of hydrogen-bond acceptors (Lipinski definition) is 4. The van der Waals surface area contributed by atoms with Gasteiger partial charge in [0.05, 0.1) is 4.92 Å². The van der Waals surface area contributed by atoms with Crippen molar-refractivity contribution >= 4 is 33.0 Å². The number of fused-ring (bicyclic) bond motifs is 1. The average molecular weight is 354 g/mol. The number of non-ortho nitro benzene ring substituents is 1. The monoisotopic (exact) mass is 354 g/mol. The van der Waals surface area contributed by atoms with Crippen LogP contribution in [0.1, 0.15) is 24.2 Å². The van der Waals surface area contributed by atoms with Gasteiger partial charge in [-0.1, -0.05) is 12.1 Å². The van der Waals surface area contributed by atoms with Gasteiger partial charge >= 0.3 is 0 Å². The van der Waals surface area contributed by atoms with Crippen molar-refractivity contribution < 1.29 is 9.72 Å². The Morgan fingerprint density at radius 1 is 1.16 bits per heavy atom. The number of carbonyl (C=O) groups excluding carboxylic acids is 1. The quantitative estimate of drug-likeness (QED) is 0.480. The van der Waals surface area contributed by atoms with E-state index in [1.54, 1.807) is 28.4 Å². The molecule has 5 nitrogen and oxygen atoms in total. The van der Waals surface area contributed by atoms with E-state index in [2.05, 4.69) is 0 Å². The van der Waals surface area contributed by atoms with Gasteiger partial charge in [0.1, 0.15) is 0 Å². The molecule has 0 bridgehead atoms. The van der Waals surface area contributed by atoms with Crippen LogP contribution in [0.15, 0.2) is 47.8 Å². The number of thiophene rings is 1. The molecule has 0 radical (unpaired) electrons. The third-order valence-electron chi connectivity index (χ3n) is 4.22. The molecule has 1 amide bonds. The van der Waals surface area contributed by atoms with E-state index in [1.165, 1.54) is 6.07 Å². The lowest BCUT2D eigenvalue weighted by atomic mass is 10.00. The van der Waals surface area contributed by atoms with Crippen molar-refractivity contribution in [3.05, 3.63) is 63.5 Å². The zero-order valence-corrected chi connectivity index (χ0v) is 14.9. The molecule has 0 aliphatic carbocycles. The standard InChI is InChI=1S/C19H18N2O3S/c1-3-20(4-2)19(22)15-10-14-8-9-25-18(14)17(12-15)13-6-5-7-16(11-13)21(23)24/h5-12H,3-4H2,1-2H3. The van der Waals surface area contributed by atoms with Crippen LogP contribution in [0.3, 0.4) is 0 Å². The van der Waals surface area contributed by atoms with Crippen LogP contribution in [-0.2, 0) is 0 Å². The second-order valence-corrected chi connectivity index (χ2v) is 6.56. The Bertz CT molecular complexity index is 945. The highest BCUT2D eigenvalue weighted by Gasteiger charge is 2.17. The molecule has 0 spiro atoms. The van der Waals surface area contributed by atoms with Gasteiger partial charge in [-0.05, 0) is 48.4 Å². The van der Waals surface area contributed by atoms with Crippen molar-refractivity contribution in [1.29, 1.82) is 0 Å². The van der Waals surface area contributed by atoms with E-state index in [0.29, 0.717) is 18.7 Å². The minimum absolute atomic E-state index is 0.0234. The number of rotatable bonds is 5. The first-order valence-electron chi connectivity index (χ1n) is 8.10.